The number of aromatic nitrogens is 2. The fourth-order valence-corrected chi connectivity index (χ4v) is 3.64. The quantitative estimate of drug-likeness (QED) is 0.814. The van der Waals surface area contributed by atoms with Crippen LogP contribution in [0, 0.1) is 6.92 Å². The lowest BCUT2D eigenvalue weighted by molar-refractivity contribution is 0.506. The highest BCUT2D eigenvalue weighted by Gasteiger charge is 2.31. The molecule has 0 saturated carbocycles. The van der Waals surface area contributed by atoms with Gasteiger partial charge in [0.2, 0.25) is 0 Å². The number of pyridine rings is 1. The third-order valence-corrected chi connectivity index (χ3v) is 4.85. The van der Waals surface area contributed by atoms with Crippen LogP contribution in [0.2, 0.25) is 0 Å². The Morgan fingerprint density at radius 2 is 2.13 bits per heavy atom. The maximum absolute atomic E-state index is 14.3. The summed E-state index contributed by atoms with van der Waals surface area (Å²) in [5.41, 5.74) is 3.73. The topological polar surface area (TPSA) is 20.5 Å². The molecule has 1 aliphatic heterocycles. The standard InChI is InChI=1S/C18H19F2N3/c1-12-11-21-23-8-6-14(10-18(12)23)22-7-2-3-17(22)15-9-13(19)4-5-16(15)20/h6,8-11,17H,2-5,7H2,1H3. The lowest BCUT2D eigenvalue weighted by atomic mass is 9.96. The largest absolute Gasteiger partial charge is 0.364 e. The summed E-state index contributed by atoms with van der Waals surface area (Å²) in [4.78, 5) is 2.19. The van der Waals surface area contributed by atoms with Gasteiger partial charge < -0.3 is 4.90 Å². The second-order valence-corrected chi connectivity index (χ2v) is 6.35. The van der Waals surface area contributed by atoms with E-state index in [1.165, 1.54) is 6.08 Å². The number of anilines is 1. The van der Waals surface area contributed by atoms with Gasteiger partial charge in [-0.25, -0.2) is 13.3 Å². The minimum absolute atomic E-state index is 0.0771. The first-order chi connectivity index (χ1) is 11.1. The van der Waals surface area contributed by atoms with Crippen molar-refractivity contribution in [1.82, 2.24) is 9.61 Å². The van der Waals surface area contributed by atoms with E-state index in [1.54, 1.807) is 0 Å². The van der Waals surface area contributed by atoms with Crippen molar-refractivity contribution >= 4 is 11.2 Å². The van der Waals surface area contributed by atoms with Gasteiger partial charge in [-0.1, -0.05) is 0 Å². The van der Waals surface area contributed by atoms with Gasteiger partial charge in [0.25, 0.3) is 0 Å². The molecule has 3 heterocycles. The first kappa shape index (κ1) is 14.4. The van der Waals surface area contributed by atoms with Crippen LogP contribution in [-0.2, 0) is 0 Å². The third kappa shape index (κ3) is 2.44. The molecule has 120 valence electrons. The number of fused-ring (bicyclic) bond motifs is 1. The van der Waals surface area contributed by atoms with Gasteiger partial charge in [0, 0.05) is 36.8 Å². The Balaban J connectivity index is 1.73. The summed E-state index contributed by atoms with van der Waals surface area (Å²) in [6.45, 7) is 2.88. The fourth-order valence-electron chi connectivity index (χ4n) is 3.64. The lowest BCUT2D eigenvalue weighted by Crippen LogP contribution is -2.31. The van der Waals surface area contributed by atoms with Gasteiger partial charge in [-0.15, -0.1) is 0 Å². The molecule has 1 aliphatic carbocycles. The molecular formula is C18H19F2N3. The summed E-state index contributed by atoms with van der Waals surface area (Å²) in [5.74, 6) is -0.375. The van der Waals surface area contributed by atoms with Crippen LogP contribution in [0.15, 0.2) is 47.8 Å². The first-order valence-corrected chi connectivity index (χ1v) is 8.09. The highest BCUT2D eigenvalue weighted by atomic mass is 19.1. The maximum Gasteiger partial charge on any atom is 0.106 e. The Kier molecular flexibility index (Phi) is 3.43. The number of hydrogen-bond donors (Lipinski definition) is 0. The van der Waals surface area contributed by atoms with Crippen LogP contribution in [0.3, 0.4) is 0 Å². The van der Waals surface area contributed by atoms with Crippen LogP contribution in [0.5, 0.6) is 0 Å². The Bertz CT molecular complexity index is 819. The van der Waals surface area contributed by atoms with Crippen molar-refractivity contribution in [3.8, 4) is 0 Å². The van der Waals surface area contributed by atoms with Crippen LogP contribution in [0.4, 0.5) is 14.5 Å². The fraction of sp³-hybridized carbons (Fsp3) is 0.389. The van der Waals surface area contributed by atoms with E-state index in [1.807, 2.05) is 29.9 Å². The number of aryl methyl sites for hydroxylation is 1. The van der Waals surface area contributed by atoms with Crippen LogP contribution < -0.4 is 4.90 Å². The van der Waals surface area contributed by atoms with Gasteiger partial charge in [0.1, 0.15) is 11.7 Å². The van der Waals surface area contributed by atoms with Crippen molar-refractivity contribution < 1.29 is 8.78 Å². The van der Waals surface area contributed by atoms with Crippen molar-refractivity contribution in [1.29, 1.82) is 0 Å². The van der Waals surface area contributed by atoms with E-state index in [9.17, 15) is 8.78 Å². The summed E-state index contributed by atoms with van der Waals surface area (Å²) in [5, 5.41) is 4.29. The average Bonchev–Trinajstić information content (AvgIpc) is 3.17. The molecule has 1 fully saturated rings. The molecule has 0 spiro atoms. The Hall–Kier alpha value is -2.17. The zero-order valence-electron chi connectivity index (χ0n) is 13.1. The Labute approximate surface area is 133 Å². The SMILES string of the molecule is Cc1cnn2ccc(N3CCCC3C3=C(F)CCC(F)=C3)cc12. The molecule has 0 N–H and O–H groups in total. The molecule has 0 amide bonds. The molecule has 1 saturated heterocycles. The Morgan fingerprint density at radius 3 is 3.00 bits per heavy atom. The minimum Gasteiger partial charge on any atom is -0.364 e. The number of allylic oxidation sites excluding steroid dienone is 2. The molecule has 2 aromatic rings. The van der Waals surface area contributed by atoms with E-state index in [-0.39, 0.29) is 30.5 Å². The van der Waals surface area contributed by atoms with E-state index in [0.29, 0.717) is 5.57 Å². The normalized spacial score (nSPS) is 22.1. The number of hydrogen-bond acceptors (Lipinski definition) is 2. The predicted octanol–water partition coefficient (Wildman–Crippen LogP) is 4.48. The van der Waals surface area contributed by atoms with E-state index < -0.39 is 0 Å². The van der Waals surface area contributed by atoms with Gasteiger partial charge in [-0.2, -0.15) is 5.10 Å². The van der Waals surface area contributed by atoms with Crippen molar-refractivity contribution in [3.05, 3.63) is 53.4 Å². The monoisotopic (exact) mass is 315 g/mol. The van der Waals surface area contributed by atoms with Crippen molar-refractivity contribution in [2.45, 2.75) is 38.6 Å². The molecule has 1 unspecified atom stereocenters. The van der Waals surface area contributed by atoms with Crippen LogP contribution in [0.25, 0.3) is 5.52 Å². The van der Waals surface area contributed by atoms with E-state index in [4.69, 9.17) is 0 Å². The third-order valence-electron chi connectivity index (χ3n) is 4.85. The van der Waals surface area contributed by atoms with Crippen LogP contribution in [0.1, 0.15) is 31.2 Å². The molecule has 2 aromatic heterocycles. The molecule has 0 bridgehead atoms. The number of halogens is 2. The maximum atomic E-state index is 14.3. The van der Waals surface area contributed by atoms with Crippen LogP contribution in [-0.4, -0.2) is 22.2 Å². The first-order valence-electron chi connectivity index (χ1n) is 8.09. The van der Waals surface area contributed by atoms with Crippen molar-refractivity contribution in [2.75, 3.05) is 11.4 Å². The minimum atomic E-state index is -0.213. The molecule has 2 aliphatic rings. The zero-order valence-corrected chi connectivity index (χ0v) is 13.1. The molecule has 0 radical (unpaired) electrons. The summed E-state index contributed by atoms with van der Waals surface area (Å²) in [6, 6.07) is 4.01. The molecular weight excluding hydrogens is 296 g/mol. The Morgan fingerprint density at radius 1 is 1.26 bits per heavy atom. The average molecular weight is 315 g/mol. The van der Waals surface area contributed by atoms with E-state index in [0.717, 1.165) is 36.2 Å². The summed E-state index contributed by atoms with van der Waals surface area (Å²) in [6.07, 6.45) is 7.38. The van der Waals surface area contributed by atoms with Crippen LogP contribution >= 0.6 is 0 Å². The number of nitrogens with zero attached hydrogens (tertiary/aromatic N) is 3. The van der Waals surface area contributed by atoms with Crippen molar-refractivity contribution in [3.63, 3.8) is 0 Å². The van der Waals surface area contributed by atoms with E-state index in [2.05, 4.69) is 16.1 Å². The highest BCUT2D eigenvalue weighted by molar-refractivity contribution is 5.64. The lowest BCUT2D eigenvalue weighted by Gasteiger charge is -2.29. The highest BCUT2D eigenvalue weighted by Crippen LogP contribution is 2.36. The molecule has 23 heavy (non-hydrogen) atoms. The molecule has 4 rings (SSSR count). The van der Waals surface area contributed by atoms with Gasteiger partial charge >= 0.3 is 0 Å². The summed E-state index contributed by atoms with van der Waals surface area (Å²) >= 11 is 0. The van der Waals surface area contributed by atoms with Gasteiger partial charge in [-0.05, 0) is 43.5 Å². The van der Waals surface area contributed by atoms with Gasteiger partial charge in [-0.3, -0.25) is 0 Å². The molecule has 1 atom stereocenters. The summed E-state index contributed by atoms with van der Waals surface area (Å²) in [7, 11) is 0. The number of rotatable bonds is 2. The second kappa shape index (κ2) is 5.48. The van der Waals surface area contributed by atoms with Gasteiger partial charge in [0.15, 0.2) is 0 Å². The second-order valence-electron chi connectivity index (χ2n) is 6.35. The zero-order chi connectivity index (χ0) is 16.0. The van der Waals surface area contributed by atoms with Crippen molar-refractivity contribution in [2.24, 2.45) is 0 Å². The molecule has 5 heteroatoms. The summed E-state index contributed by atoms with van der Waals surface area (Å²) < 4.78 is 29.7. The smallest absolute Gasteiger partial charge is 0.106 e. The molecule has 0 aromatic carbocycles. The molecule has 3 nitrogen and oxygen atoms in total. The van der Waals surface area contributed by atoms with Gasteiger partial charge in [0.05, 0.1) is 17.8 Å². The van der Waals surface area contributed by atoms with E-state index >= 15 is 0 Å². The predicted molar refractivity (Wildman–Crippen MR) is 86.9 cm³/mol.